The SMILES string of the molecule is CC1(C)OCC(NC2CCS(=O)CC2)CO1. The Morgan fingerprint density at radius 2 is 1.69 bits per heavy atom. The van der Waals surface area contributed by atoms with Crippen molar-refractivity contribution in [2.45, 2.75) is 44.6 Å². The molecule has 2 fully saturated rings. The smallest absolute Gasteiger partial charge is 0.162 e. The van der Waals surface area contributed by atoms with Crippen LogP contribution in [-0.2, 0) is 20.3 Å². The molecule has 2 saturated heterocycles. The first-order valence-electron chi connectivity index (χ1n) is 5.94. The second-order valence-corrected chi connectivity index (χ2v) is 6.70. The summed E-state index contributed by atoms with van der Waals surface area (Å²) in [6, 6.07) is 0.765. The number of ether oxygens (including phenoxy) is 2. The van der Waals surface area contributed by atoms with Gasteiger partial charge in [-0.2, -0.15) is 0 Å². The van der Waals surface area contributed by atoms with Gasteiger partial charge in [-0.15, -0.1) is 0 Å². The lowest BCUT2D eigenvalue weighted by atomic mass is 10.1. The Morgan fingerprint density at radius 1 is 1.12 bits per heavy atom. The van der Waals surface area contributed by atoms with Gasteiger partial charge in [-0.1, -0.05) is 0 Å². The molecule has 0 amide bonds. The first kappa shape index (κ1) is 12.5. The van der Waals surface area contributed by atoms with Crippen LogP contribution in [0.15, 0.2) is 0 Å². The molecule has 94 valence electrons. The summed E-state index contributed by atoms with van der Waals surface area (Å²) in [5.41, 5.74) is 0. The zero-order chi connectivity index (χ0) is 11.6. The quantitative estimate of drug-likeness (QED) is 0.778. The average Bonchev–Trinajstić information content (AvgIpc) is 2.24. The molecule has 2 aliphatic rings. The van der Waals surface area contributed by atoms with Crippen molar-refractivity contribution in [3.05, 3.63) is 0 Å². The second-order valence-electron chi connectivity index (χ2n) is 5.01. The van der Waals surface area contributed by atoms with Crippen molar-refractivity contribution < 1.29 is 13.7 Å². The maximum atomic E-state index is 11.2. The predicted molar refractivity (Wildman–Crippen MR) is 63.8 cm³/mol. The summed E-state index contributed by atoms with van der Waals surface area (Å²) < 4.78 is 22.4. The lowest BCUT2D eigenvalue weighted by Gasteiger charge is -2.37. The van der Waals surface area contributed by atoms with Gasteiger partial charge in [-0.05, 0) is 26.7 Å². The molecule has 0 bridgehead atoms. The fraction of sp³-hybridized carbons (Fsp3) is 1.00. The molecule has 2 rings (SSSR count). The third kappa shape index (κ3) is 3.52. The highest BCUT2D eigenvalue weighted by atomic mass is 32.2. The van der Waals surface area contributed by atoms with Crippen LogP contribution in [0.5, 0.6) is 0 Å². The summed E-state index contributed by atoms with van der Waals surface area (Å²) in [6.07, 6.45) is 2.01. The standard InChI is InChI=1S/C11H21NO3S/c1-11(2)14-7-10(8-15-11)12-9-3-5-16(13)6-4-9/h9-10,12H,3-8H2,1-2H3. The molecule has 2 heterocycles. The van der Waals surface area contributed by atoms with Crippen LogP contribution in [0.2, 0.25) is 0 Å². The minimum absolute atomic E-state index is 0.282. The second kappa shape index (κ2) is 5.12. The summed E-state index contributed by atoms with van der Waals surface area (Å²) in [5.74, 6) is 1.22. The third-order valence-electron chi connectivity index (χ3n) is 3.12. The lowest BCUT2D eigenvalue weighted by Crippen LogP contribution is -2.52. The highest BCUT2D eigenvalue weighted by molar-refractivity contribution is 7.85. The molecule has 0 aromatic heterocycles. The van der Waals surface area contributed by atoms with Crippen molar-refractivity contribution in [2.75, 3.05) is 24.7 Å². The Bertz CT molecular complexity index is 250. The Morgan fingerprint density at radius 3 is 2.25 bits per heavy atom. The topological polar surface area (TPSA) is 47.6 Å². The van der Waals surface area contributed by atoms with Gasteiger partial charge in [0.2, 0.25) is 0 Å². The maximum Gasteiger partial charge on any atom is 0.162 e. The molecular weight excluding hydrogens is 226 g/mol. The third-order valence-corrected chi connectivity index (χ3v) is 4.51. The van der Waals surface area contributed by atoms with Crippen LogP contribution >= 0.6 is 0 Å². The average molecular weight is 247 g/mol. The normalized spacial score (nSPS) is 36.1. The van der Waals surface area contributed by atoms with Crippen LogP contribution < -0.4 is 5.32 Å². The number of hydrogen-bond donors (Lipinski definition) is 1. The van der Waals surface area contributed by atoms with Gasteiger partial charge in [0.25, 0.3) is 0 Å². The van der Waals surface area contributed by atoms with E-state index in [-0.39, 0.29) is 6.04 Å². The molecule has 0 saturated carbocycles. The van der Waals surface area contributed by atoms with Crippen molar-refractivity contribution in [3.63, 3.8) is 0 Å². The van der Waals surface area contributed by atoms with Gasteiger partial charge in [-0.25, -0.2) is 0 Å². The summed E-state index contributed by atoms with van der Waals surface area (Å²) in [4.78, 5) is 0. The zero-order valence-electron chi connectivity index (χ0n) is 10.0. The number of nitrogens with one attached hydrogen (secondary N) is 1. The molecule has 1 N–H and O–H groups in total. The van der Waals surface area contributed by atoms with Crippen LogP contribution in [0.25, 0.3) is 0 Å². The summed E-state index contributed by atoms with van der Waals surface area (Å²) in [7, 11) is -0.582. The molecule has 0 radical (unpaired) electrons. The predicted octanol–water partition coefficient (Wildman–Crippen LogP) is 0.639. The van der Waals surface area contributed by atoms with E-state index in [1.54, 1.807) is 0 Å². The summed E-state index contributed by atoms with van der Waals surface area (Å²) in [6.45, 7) is 5.28. The highest BCUT2D eigenvalue weighted by Crippen LogP contribution is 2.18. The van der Waals surface area contributed by atoms with Crippen LogP contribution in [0.1, 0.15) is 26.7 Å². The van der Waals surface area contributed by atoms with Crippen molar-refractivity contribution in [1.29, 1.82) is 0 Å². The molecule has 4 nitrogen and oxygen atoms in total. The molecule has 0 aliphatic carbocycles. The fourth-order valence-corrected chi connectivity index (χ4v) is 3.38. The van der Waals surface area contributed by atoms with Crippen molar-refractivity contribution in [2.24, 2.45) is 0 Å². The van der Waals surface area contributed by atoms with Crippen LogP contribution in [0.4, 0.5) is 0 Å². The summed E-state index contributed by atoms with van der Waals surface area (Å²) in [5, 5.41) is 3.53. The van der Waals surface area contributed by atoms with Crippen LogP contribution in [0, 0.1) is 0 Å². The van der Waals surface area contributed by atoms with Gasteiger partial charge in [-0.3, -0.25) is 4.21 Å². The molecule has 0 atom stereocenters. The fourth-order valence-electron chi connectivity index (χ4n) is 2.08. The van der Waals surface area contributed by atoms with E-state index >= 15 is 0 Å². The van der Waals surface area contributed by atoms with Crippen molar-refractivity contribution in [3.8, 4) is 0 Å². The van der Waals surface area contributed by atoms with Crippen LogP contribution in [-0.4, -0.2) is 46.8 Å². The molecule has 2 aliphatic heterocycles. The van der Waals surface area contributed by atoms with E-state index in [1.807, 2.05) is 13.8 Å². The maximum absolute atomic E-state index is 11.2. The minimum atomic E-state index is -0.582. The van der Waals surface area contributed by atoms with E-state index < -0.39 is 16.6 Å². The molecule has 0 aromatic carbocycles. The molecule has 0 aromatic rings. The monoisotopic (exact) mass is 247 g/mol. The van der Waals surface area contributed by atoms with E-state index in [1.165, 1.54) is 0 Å². The van der Waals surface area contributed by atoms with E-state index in [2.05, 4.69) is 5.32 Å². The van der Waals surface area contributed by atoms with E-state index in [0.717, 1.165) is 24.3 Å². The van der Waals surface area contributed by atoms with Gasteiger partial charge >= 0.3 is 0 Å². The van der Waals surface area contributed by atoms with Gasteiger partial charge < -0.3 is 14.8 Å². The highest BCUT2D eigenvalue weighted by Gasteiger charge is 2.30. The van der Waals surface area contributed by atoms with E-state index in [4.69, 9.17) is 9.47 Å². The van der Waals surface area contributed by atoms with Gasteiger partial charge in [0.1, 0.15) is 0 Å². The first-order valence-corrected chi connectivity index (χ1v) is 7.43. The molecule has 5 heteroatoms. The Balaban J connectivity index is 1.72. The zero-order valence-corrected chi connectivity index (χ0v) is 10.8. The van der Waals surface area contributed by atoms with Gasteiger partial charge in [0, 0.05) is 28.3 Å². The molecule has 0 unspecified atom stereocenters. The van der Waals surface area contributed by atoms with Gasteiger partial charge in [0.05, 0.1) is 19.3 Å². The van der Waals surface area contributed by atoms with Gasteiger partial charge in [0.15, 0.2) is 5.79 Å². The minimum Gasteiger partial charge on any atom is -0.349 e. The molecule has 0 spiro atoms. The Hall–Kier alpha value is 0.0300. The lowest BCUT2D eigenvalue weighted by molar-refractivity contribution is -0.253. The first-order chi connectivity index (χ1) is 7.55. The van der Waals surface area contributed by atoms with E-state index in [0.29, 0.717) is 19.3 Å². The summed E-state index contributed by atoms with van der Waals surface area (Å²) >= 11 is 0. The molecular formula is C11H21NO3S. The Kier molecular flexibility index (Phi) is 4.00. The van der Waals surface area contributed by atoms with Crippen LogP contribution in [0.3, 0.4) is 0 Å². The molecule has 16 heavy (non-hydrogen) atoms. The van der Waals surface area contributed by atoms with Crippen molar-refractivity contribution in [1.82, 2.24) is 5.32 Å². The number of hydrogen-bond acceptors (Lipinski definition) is 4. The van der Waals surface area contributed by atoms with E-state index in [9.17, 15) is 4.21 Å². The number of rotatable bonds is 2. The largest absolute Gasteiger partial charge is 0.349 e. The van der Waals surface area contributed by atoms with Crippen molar-refractivity contribution >= 4 is 10.8 Å². The Labute approximate surface area is 99.5 Å².